The normalized spacial score (nSPS) is 11.1. The predicted molar refractivity (Wildman–Crippen MR) is 129 cm³/mol. The van der Waals surface area contributed by atoms with Gasteiger partial charge in [0.1, 0.15) is 5.82 Å². The number of sulfonamides is 1. The zero-order valence-corrected chi connectivity index (χ0v) is 19.9. The lowest BCUT2D eigenvalue weighted by molar-refractivity contribution is 0.0927. The van der Waals surface area contributed by atoms with Gasteiger partial charge in [0.15, 0.2) is 0 Å². The second-order valence-corrected chi connectivity index (χ2v) is 9.56. The maximum atomic E-state index is 13.6. The van der Waals surface area contributed by atoms with Gasteiger partial charge in [0.25, 0.3) is 21.8 Å². The minimum Gasteiger partial charge on any atom is -0.350 e. The van der Waals surface area contributed by atoms with E-state index in [0.29, 0.717) is 16.8 Å². The molecule has 7 nitrogen and oxygen atoms in total. The summed E-state index contributed by atoms with van der Waals surface area (Å²) in [5.74, 6) is -1.40. The third kappa shape index (κ3) is 5.99. The highest BCUT2D eigenvalue weighted by molar-refractivity contribution is 7.92. The number of carbonyl (C=O) groups excluding carboxylic acids is 2. The molecule has 0 aromatic heterocycles. The molecule has 0 saturated heterocycles. The molecule has 3 aromatic rings. The lowest BCUT2D eigenvalue weighted by Crippen LogP contribution is -2.35. The van der Waals surface area contributed by atoms with Gasteiger partial charge in [-0.1, -0.05) is 30.3 Å². The summed E-state index contributed by atoms with van der Waals surface area (Å²) in [7, 11) is -3.90. The van der Waals surface area contributed by atoms with E-state index in [-0.39, 0.29) is 29.1 Å². The van der Waals surface area contributed by atoms with Gasteiger partial charge in [-0.2, -0.15) is 0 Å². The van der Waals surface area contributed by atoms with Gasteiger partial charge in [-0.15, -0.1) is 0 Å². The molecule has 34 heavy (non-hydrogen) atoms. The Balaban J connectivity index is 1.62. The Bertz CT molecular complexity index is 1340. The molecule has 0 bridgehead atoms. The Morgan fingerprint density at radius 1 is 0.794 bits per heavy atom. The Kier molecular flexibility index (Phi) is 7.68. The smallest absolute Gasteiger partial charge is 0.261 e. The fourth-order valence-corrected chi connectivity index (χ4v) is 4.34. The standard InChI is InChI=1S/C25H26FN3O4S/c1-16-9-11-20(34(32,33)29-23-7-5-4-6-18(23)3)15-21(16)25(31)28-13-12-27-24(30)19-10-8-17(2)22(26)14-19/h4-11,14-15,29H,12-13H2,1-3H3,(H,27,30)(H,28,31). The molecule has 0 aliphatic heterocycles. The summed E-state index contributed by atoms with van der Waals surface area (Å²) in [5, 5.41) is 5.27. The van der Waals surface area contributed by atoms with E-state index in [1.54, 1.807) is 45.0 Å². The molecule has 0 aliphatic rings. The summed E-state index contributed by atoms with van der Waals surface area (Å²) in [6.07, 6.45) is 0. The molecule has 3 rings (SSSR count). The average Bonchev–Trinajstić information content (AvgIpc) is 2.79. The Morgan fingerprint density at radius 3 is 2.12 bits per heavy atom. The molecule has 0 fully saturated rings. The van der Waals surface area contributed by atoms with Crippen molar-refractivity contribution in [2.75, 3.05) is 17.8 Å². The number of para-hydroxylation sites is 1. The second-order valence-electron chi connectivity index (χ2n) is 7.87. The summed E-state index contributed by atoms with van der Waals surface area (Å²) in [6.45, 7) is 5.32. The van der Waals surface area contributed by atoms with E-state index in [1.165, 1.54) is 24.3 Å². The van der Waals surface area contributed by atoms with E-state index >= 15 is 0 Å². The van der Waals surface area contributed by atoms with Crippen molar-refractivity contribution >= 4 is 27.5 Å². The number of aryl methyl sites for hydroxylation is 3. The Hall–Kier alpha value is -3.72. The maximum Gasteiger partial charge on any atom is 0.261 e. The molecule has 9 heteroatoms. The first-order valence-electron chi connectivity index (χ1n) is 10.6. The summed E-state index contributed by atoms with van der Waals surface area (Å²) < 4.78 is 41.9. The lowest BCUT2D eigenvalue weighted by Gasteiger charge is -2.13. The number of rotatable bonds is 8. The number of benzene rings is 3. The molecule has 0 unspecified atom stereocenters. The predicted octanol–water partition coefficient (Wildman–Crippen LogP) is 3.71. The van der Waals surface area contributed by atoms with E-state index in [4.69, 9.17) is 0 Å². The van der Waals surface area contributed by atoms with Crippen molar-refractivity contribution in [3.8, 4) is 0 Å². The Labute approximate surface area is 198 Å². The number of hydrogen-bond donors (Lipinski definition) is 3. The van der Waals surface area contributed by atoms with Crippen LogP contribution in [0.25, 0.3) is 0 Å². The van der Waals surface area contributed by atoms with Crippen molar-refractivity contribution in [3.63, 3.8) is 0 Å². The number of anilines is 1. The summed E-state index contributed by atoms with van der Waals surface area (Å²) in [5.41, 5.74) is 2.66. The molecular weight excluding hydrogens is 457 g/mol. The fraction of sp³-hybridized carbons (Fsp3) is 0.200. The van der Waals surface area contributed by atoms with Crippen LogP contribution in [0.15, 0.2) is 65.6 Å². The highest BCUT2D eigenvalue weighted by Gasteiger charge is 2.19. The second kappa shape index (κ2) is 10.5. The first-order valence-corrected chi connectivity index (χ1v) is 12.1. The Morgan fingerprint density at radius 2 is 1.44 bits per heavy atom. The maximum absolute atomic E-state index is 13.6. The first kappa shape index (κ1) is 24.9. The number of nitrogens with one attached hydrogen (secondary N) is 3. The SMILES string of the molecule is Cc1ccc(C(=O)NCCNC(=O)c2cc(S(=O)(=O)Nc3ccccc3C)ccc2C)cc1F. The third-order valence-corrected chi connectivity index (χ3v) is 6.65. The van der Waals surface area contributed by atoms with Crippen LogP contribution in [0.4, 0.5) is 10.1 Å². The fourth-order valence-electron chi connectivity index (χ4n) is 3.19. The van der Waals surface area contributed by atoms with Gasteiger partial charge in [0.05, 0.1) is 10.6 Å². The van der Waals surface area contributed by atoms with Crippen LogP contribution in [0.5, 0.6) is 0 Å². The van der Waals surface area contributed by atoms with Crippen LogP contribution in [0.2, 0.25) is 0 Å². The molecular formula is C25H26FN3O4S. The van der Waals surface area contributed by atoms with Crippen LogP contribution in [-0.4, -0.2) is 33.3 Å². The van der Waals surface area contributed by atoms with Crippen molar-refractivity contribution in [2.24, 2.45) is 0 Å². The molecule has 3 aromatic carbocycles. The largest absolute Gasteiger partial charge is 0.350 e. The van der Waals surface area contributed by atoms with Crippen molar-refractivity contribution in [1.29, 1.82) is 0 Å². The first-order chi connectivity index (χ1) is 16.1. The quantitative estimate of drug-likeness (QED) is 0.425. The van der Waals surface area contributed by atoms with E-state index in [2.05, 4.69) is 15.4 Å². The van der Waals surface area contributed by atoms with Crippen LogP contribution in [0, 0.1) is 26.6 Å². The monoisotopic (exact) mass is 483 g/mol. The highest BCUT2D eigenvalue weighted by atomic mass is 32.2. The highest BCUT2D eigenvalue weighted by Crippen LogP contribution is 2.21. The molecule has 0 heterocycles. The van der Waals surface area contributed by atoms with Crippen LogP contribution in [0.1, 0.15) is 37.4 Å². The van der Waals surface area contributed by atoms with Crippen molar-refractivity contribution in [2.45, 2.75) is 25.7 Å². The van der Waals surface area contributed by atoms with Crippen LogP contribution < -0.4 is 15.4 Å². The zero-order chi connectivity index (χ0) is 24.9. The molecule has 0 saturated carbocycles. The van der Waals surface area contributed by atoms with E-state index in [1.807, 2.05) is 6.07 Å². The van der Waals surface area contributed by atoms with Crippen molar-refractivity contribution < 1.29 is 22.4 Å². The van der Waals surface area contributed by atoms with E-state index in [0.717, 1.165) is 11.6 Å². The molecule has 2 amide bonds. The molecule has 178 valence electrons. The summed E-state index contributed by atoms with van der Waals surface area (Å²) in [6, 6.07) is 15.5. The minimum atomic E-state index is -3.90. The van der Waals surface area contributed by atoms with Crippen LogP contribution in [0.3, 0.4) is 0 Å². The number of amides is 2. The van der Waals surface area contributed by atoms with Crippen molar-refractivity contribution in [3.05, 3.63) is 94.3 Å². The van der Waals surface area contributed by atoms with Crippen LogP contribution in [-0.2, 0) is 10.0 Å². The number of hydrogen-bond acceptors (Lipinski definition) is 4. The molecule has 3 N–H and O–H groups in total. The number of halogens is 1. The van der Waals surface area contributed by atoms with Gasteiger partial charge in [0, 0.05) is 24.2 Å². The van der Waals surface area contributed by atoms with E-state index in [9.17, 15) is 22.4 Å². The summed E-state index contributed by atoms with van der Waals surface area (Å²) in [4.78, 5) is 24.8. The van der Waals surface area contributed by atoms with Gasteiger partial charge >= 0.3 is 0 Å². The molecule has 0 spiro atoms. The summed E-state index contributed by atoms with van der Waals surface area (Å²) >= 11 is 0. The topological polar surface area (TPSA) is 104 Å². The molecule has 0 atom stereocenters. The third-order valence-electron chi connectivity index (χ3n) is 5.28. The average molecular weight is 484 g/mol. The van der Waals surface area contributed by atoms with Gasteiger partial charge in [0.2, 0.25) is 0 Å². The van der Waals surface area contributed by atoms with Crippen LogP contribution >= 0.6 is 0 Å². The molecule has 0 aliphatic carbocycles. The van der Waals surface area contributed by atoms with Crippen molar-refractivity contribution in [1.82, 2.24) is 10.6 Å². The van der Waals surface area contributed by atoms with Gasteiger partial charge in [-0.3, -0.25) is 14.3 Å². The lowest BCUT2D eigenvalue weighted by atomic mass is 10.1. The van der Waals surface area contributed by atoms with E-state index < -0.39 is 27.7 Å². The zero-order valence-electron chi connectivity index (χ0n) is 19.1. The molecule has 0 radical (unpaired) electrons. The van der Waals surface area contributed by atoms with Gasteiger partial charge < -0.3 is 10.6 Å². The van der Waals surface area contributed by atoms with Gasteiger partial charge in [-0.05, 0) is 67.8 Å². The minimum absolute atomic E-state index is 0.0406. The number of carbonyl (C=O) groups is 2. The van der Waals surface area contributed by atoms with Gasteiger partial charge in [-0.25, -0.2) is 12.8 Å².